The minimum Gasteiger partial charge on any atom is -0.348 e. The van der Waals surface area contributed by atoms with E-state index in [0.29, 0.717) is 5.92 Å². The van der Waals surface area contributed by atoms with Gasteiger partial charge in [-0.2, -0.15) is 0 Å². The van der Waals surface area contributed by atoms with Gasteiger partial charge in [-0.15, -0.1) is 0 Å². The van der Waals surface area contributed by atoms with E-state index in [0.717, 1.165) is 6.42 Å². The molecule has 2 nitrogen and oxygen atoms in total. The molecule has 0 radical (unpaired) electrons. The van der Waals surface area contributed by atoms with Crippen LogP contribution in [-0.2, 0) is 4.74 Å². The Morgan fingerprint density at radius 2 is 2.40 bits per heavy atom. The van der Waals surface area contributed by atoms with Crippen molar-refractivity contribution in [1.29, 1.82) is 0 Å². The number of ether oxygens (including phenoxy) is 1. The smallest absolute Gasteiger partial charge is 0.151 e. The van der Waals surface area contributed by atoms with Crippen molar-refractivity contribution in [3.05, 3.63) is 0 Å². The highest BCUT2D eigenvalue weighted by molar-refractivity contribution is 5.64. The fourth-order valence-electron chi connectivity index (χ4n) is 0.979. The third kappa shape index (κ3) is 1.57. The van der Waals surface area contributed by atoms with Crippen molar-refractivity contribution in [2.45, 2.75) is 39.5 Å². The van der Waals surface area contributed by atoms with Crippen molar-refractivity contribution in [2.75, 3.05) is 0 Å². The van der Waals surface area contributed by atoms with Gasteiger partial charge in [-0.1, -0.05) is 13.8 Å². The highest BCUT2D eigenvalue weighted by atomic mass is 16.5. The van der Waals surface area contributed by atoms with Crippen LogP contribution in [0.4, 0.5) is 0 Å². The molecule has 0 aromatic carbocycles. The van der Waals surface area contributed by atoms with Gasteiger partial charge in [-0.05, 0) is 13.3 Å². The number of aliphatic imine (C=N–C) groups is 1. The second-order valence-corrected chi connectivity index (χ2v) is 2.92. The number of hydrogen-bond donors (Lipinski definition) is 0. The lowest BCUT2D eigenvalue weighted by Gasteiger charge is -2.15. The molecule has 1 aliphatic heterocycles. The molecule has 0 unspecified atom stereocenters. The van der Waals surface area contributed by atoms with Gasteiger partial charge >= 0.3 is 0 Å². The Balaban J connectivity index is 2.38. The molecule has 0 saturated carbocycles. The molecule has 0 fully saturated rings. The summed E-state index contributed by atoms with van der Waals surface area (Å²) in [6.45, 7) is 6.35. The Bertz CT molecular complexity index is 133. The maximum Gasteiger partial charge on any atom is 0.151 e. The van der Waals surface area contributed by atoms with Crippen LogP contribution >= 0.6 is 0 Å². The van der Waals surface area contributed by atoms with Gasteiger partial charge in [0.2, 0.25) is 0 Å². The summed E-state index contributed by atoms with van der Waals surface area (Å²) >= 11 is 0. The van der Waals surface area contributed by atoms with Gasteiger partial charge in [-0.3, -0.25) is 4.99 Å². The topological polar surface area (TPSA) is 21.6 Å². The van der Waals surface area contributed by atoms with E-state index in [1.807, 2.05) is 13.1 Å². The Kier molecular flexibility index (Phi) is 2.44. The van der Waals surface area contributed by atoms with E-state index in [1.165, 1.54) is 0 Å². The molecule has 0 amide bonds. The summed E-state index contributed by atoms with van der Waals surface area (Å²) in [5.41, 5.74) is 0. The molecule has 0 aromatic rings. The van der Waals surface area contributed by atoms with Crippen molar-refractivity contribution < 1.29 is 4.74 Å². The van der Waals surface area contributed by atoms with Crippen molar-refractivity contribution in [3.8, 4) is 0 Å². The average Bonchev–Trinajstić information content (AvgIpc) is 2.34. The van der Waals surface area contributed by atoms with Crippen LogP contribution in [0.25, 0.3) is 0 Å². The molecule has 10 heavy (non-hydrogen) atoms. The lowest BCUT2D eigenvalue weighted by molar-refractivity contribution is 0.0250. The van der Waals surface area contributed by atoms with E-state index in [1.54, 1.807) is 0 Å². The molecule has 0 bridgehead atoms. The van der Waals surface area contributed by atoms with Crippen molar-refractivity contribution >= 4 is 6.21 Å². The van der Waals surface area contributed by atoms with Gasteiger partial charge in [0.15, 0.2) is 6.23 Å². The normalized spacial score (nSPS) is 34.7. The number of hydrogen-bond acceptors (Lipinski definition) is 2. The third-order valence-electron chi connectivity index (χ3n) is 1.93. The first-order valence-corrected chi connectivity index (χ1v) is 3.92. The van der Waals surface area contributed by atoms with Crippen molar-refractivity contribution in [2.24, 2.45) is 10.9 Å². The maximum absolute atomic E-state index is 5.49. The molecule has 0 spiro atoms. The van der Waals surface area contributed by atoms with Gasteiger partial charge in [0.25, 0.3) is 0 Å². The first-order chi connectivity index (χ1) is 4.74. The van der Waals surface area contributed by atoms with Gasteiger partial charge in [-0.25, -0.2) is 0 Å². The Labute approximate surface area is 62.3 Å². The molecule has 0 aliphatic carbocycles. The fourth-order valence-corrected chi connectivity index (χ4v) is 0.979. The van der Waals surface area contributed by atoms with E-state index < -0.39 is 0 Å². The number of nitrogens with zero attached hydrogens (tertiary/aromatic N) is 1. The molecule has 0 N–H and O–H groups in total. The molecule has 0 aromatic heterocycles. The molecular formula is C8H15NO. The summed E-state index contributed by atoms with van der Waals surface area (Å²) in [5, 5.41) is 0. The van der Waals surface area contributed by atoms with Gasteiger partial charge in [0.1, 0.15) is 0 Å². The zero-order valence-electron chi connectivity index (χ0n) is 6.87. The average molecular weight is 141 g/mol. The molecule has 0 saturated heterocycles. The second-order valence-electron chi connectivity index (χ2n) is 2.92. The summed E-state index contributed by atoms with van der Waals surface area (Å²) in [5.74, 6) is 0.557. The summed E-state index contributed by atoms with van der Waals surface area (Å²) in [7, 11) is 0. The maximum atomic E-state index is 5.49. The Hall–Kier alpha value is -0.370. The predicted octanol–water partition coefficient (Wildman–Crippen LogP) is 1.85. The summed E-state index contributed by atoms with van der Waals surface area (Å²) < 4.78 is 5.49. The monoisotopic (exact) mass is 141 g/mol. The molecule has 3 atom stereocenters. The van der Waals surface area contributed by atoms with E-state index in [2.05, 4.69) is 18.8 Å². The van der Waals surface area contributed by atoms with Gasteiger partial charge in [0.05, 0.1) is 6.10 Å². The summed E-state index contributed by atoms with van der Waals surface area (Å²) in [4.78, 5) is 4.24. The highest BCUT2D eigenvalue weighted by Crippen LogP contribution is 2.17. The number of rotatable bonds is 2. The van der Waals surface area contributed by atoms with Crippen LogP contribution in [0.3, 0.4) is 0 Å². The first kappa shape index (κ1) is 7.73. The Morgan fingerprint density at radius 3 is 2.80 bits per heavy atom. The van der Waals surface area contributed by atoms with Crippen LogP contribution in [0.1, 0.15) is 27.2 Å². The Morgan fingerprint density at radius 1 is 1.70 bits per heavy atom. The molecule has 58 valence electrons. The standard InChI is InChI=1S/C8H15NO/c1-4-6(2)8-9-5-7(3)10-8/h5-8H,4H2,1-3H3/t6-,7+,8-/m0/s1. The molecule has 1 rings (SSSR count). The predicted molar refractivity (Wildman–Crippen MR) is 42.3 cm³/mol. The summed E-state index contributed by atoms with van der Waals surface area (Å²) in [6, 6.07) is 0. The van der Waals surface area contributed by atoms with Crippen LogP contribution in [0, 0.1) is 5.92 Å². The van der Waals surface area contributed by atoms with Crippen LogP contribution in [0.15, 0.2) is 4.99 Å². The van der Waals surface area contributed by atoms with Crippen LogP contribution in [-0.4, -0.2) is 18.5 Å². The minimum atomic E-state index is 0.125. The lowest BCUT2D eigenvalue weighted by Crippen LogP contribution is -2.17. The largest absolute Gasteiger partial charge is 0.348 e. The summed E-state index contributed by atoms with van der Waals surface area (Å²) in [6.07, 6.45) is 3.37. The van der Waals surface area contributed by atoms with Gasteiger partial charge < -0.3 is 4.74 Å². The zero-order valence-corrected chi connectivity index (χ0v) is 6.87. The molecule has 1 aliphatic rings. The second kappa shape index (κ2) is 3.15. The highest BCUT2D eigenvalue weighted by Gasteiger charge is 2.21. The van der Waals surface area contributed by atoms with Gasteiger partial charge in [0, 0.05) is 12.1 Å². The quantitative estimate of drug-likeness (QED) is 0.575. The van der Waals surface area contributed by atoms with E-state index in [9.17, 15) is 0 Å². The van der Waals surface area contributed by atoms with Crippen LogP contribution in [0.2, 0.25) is 0 Å². The fraction of sp³-hybridized carbons (Fsp3) is 0.875. The third-order valence-corrected chi connectivity index (χ3v) is 1.93. The molecule has 1 heterocycles. The van der Waals surface area contributed by atoms with E-state index in [-0.39, 0.29) is 12.3 Å². The molecule has 2 heteroatoms. The van der Waals surface area contributed by atoms with Crippen LogP contribution in [0.5, 0.6) is 0 Å². The van der Waals surface area contributed by atoms with E-state index in [4.69, 9.17) is 4.74 Å². The lowest BCUT2D eigenvalue weighted by atomic mass is 10.1. The minimum absolute atomic E-state index is 0.125. The first-order valence-electron chi connectivity index (χ1n) is 3.92. The zero-order chi connectivity index (χ0) is 7.56. The van der Waals surface area contributed by atoms with Crippen LogP contribution < -0.4 is 0 Å². The molecular weight excluding hydrogens is 126 g/mol. The SMILES string of the molecule is CC[C@H](C)[C@H]1N=C[C@@H](C)O1. The van der Waals surface area contributed by atoms with Crippen molar-refractivity contribution in [3.63, 3.8) is 0 Å². The van der Waals surface area contributed by atoms with E-state index >= 15 is 0 Å². The van der Waals surface area contributed by atoms with Crippen molar-refractivity contribution in [1.82, 2.24) is 0 Å².